The van der Waals surface area contributed by atoms with Crippen LogP contribution in [0.2, 0.25) is 0 Å². The highest BCUT2D eigenvalue weighted by atomic mass is 16.5. The zero-order valence-electron chi connectivity index (χ0n) is 13.2. The third-order valence-corrected chi connectivity index (χ3v) is 4.34. The minimum absolute atomic E-state index is 0.0931. The number of fused-ring (bicyclic) bond motifs is 1. The minimum Gasteiger partial charge on any atom is -0.377 e. The standard InChI is InChI=1S/C17H19N5O2/c23-17(6-5-16-19-12-3-1-2-4-13(12)20-16)22-9-10-24-11-15(22)14-7-8-18-21-14/h1-4,7-8,15H,5-6,9-11H2,(H,18,21)(H,19,20)/t15-/m0/s1. The van der Waals surface area contributed by atoms with Crippen LogP contribution in [0.15, 0.2) is 36.5 Å². The smallest absolute Gasteiger partial charge is 0.223 e. The molecule has 2 N–H and O–H groups in total. The molecule has 2 aromatic heterocycles. The Morgan fingerprint density at radius 3 is 3.08 bits per heavy atom. The van der Waals surface area contributed by atoms with Crippen LogP contribution >= 0.6 is 0 Å². The summed E-state index contributed by atoms with van der Waals surface area (Å²) >= 11 is 0. The van der Waals surface area contributed by atoms with E-state index < -0.39 is 0 Å². The molecular weight excluding hydrogens is 306 g/mol. The highest BCUT2D eigenvalue weighted by Crippen LogP contribution is 2.23. The molecule has 124 valence electrons. The molecule has 7 nitrogen and oxygen atoms in total. The van der Waals surface area contributed by atoms with Gasteiger partial charge in [0.05, 0.1) is 36.0 Å². The molecule has 3 heterocycles. The van der Waals surface area contributed by atoms with Gasteiger partial charge in [0.15, 0.2) is 0 Å². The maximum Gasteiger partial charge on any atom is 0.223 e. The number of nitrogens with zero attached hydrogens (tertiary/aromatic N) is 3. The Morgan fingerprint density at radius 1 is 1.33 bits per heavy atom. The molecule has 0 bridgehead atoms. The molecule has 4 rings (SSSR count). The van der Waals surface area contributed by atoms with E-state index in [2.05, 4.69) is 20.2 Å². The predicted molar refractivity (Wildman–Crippen MR) is 88.3 cm³/mol. The van der Waals surface area contributed by atoms with Crippen LogP contribution in [0.25, 0.3) is 11.0 Å². The predicted octanol–water partition coefficient (Wildman–Crippen LogP) is 1.82. The van der Waals surface area contributed by atoms with Crippen molar-refractivity contribution in [2.24, 2.45) is 0 Å². The summed E-state index contributed by atoms with van der Waals surface area (Å²) in [5.41, 5.74) is 2.84. The number of rotatable bonds is 4. The van der Waals surface area contributed by atoms with Crippen molar-refractivity contribution in [3.8, 4) is 0 Å². The summed E-state index contributed by atoms with van der Waals surface area (Å²) in [5.74, 6) is 0.953. The fraction of sp³-hybridized carbons (Fsp3) is 0.353. The number of amides is 1. The summed E-state index contributed by atoms with van der Waals surface area (Å²) in [4.78, 5) is 22.4. The third-order valence-electron chi connectivity index (χ3n) is 4.34. The average Bonchev–Trinajstić information content (AvgIpc) is 3.28. The normalized spacial score (nSPS) is 18.2. The van der Waals surface area contributed by atoms with Crippen molar-refractivity contribution in [3.63, 3.8) is 0 Å². The molecule has 0 unspecified atom stereocenters. The van der Waals surface area contributed by atoms with Gasteiger partial charge in [-0.25, -0.2) is 4.98 Å². The van der Waals surface area contributed by atoms with Gasteiger partial charge in [0, 0.05) is 25.6 Å². The van der Waals surface area contributed by atoms with E-state index in [1.807, 2.05) is 35.2 Å². The molecule has 1 fully saturated rings. The first-order valence-corrected chi connectivity index (χ1v) is 8.11. The van der Waals surface area contributed by atoms with Gasteiger partial charge in [-0.15, -0.1) is 0 Å². The lowest BCUT2D eigenvalue weighted by Crippen LogP contribution is -2.43. The van der Waals surface area contributed by atoms with E-state index in [-0.39, 0.29) is 11.9 Å². The van der Waals surface area contributed by atoms with Crippen LogP contribution in [-0.4, -0.2) is 50.7 Å². The Morgan fingerprint density at radius 2 is 2.25 bits per heavy atom. The summed E-state index contributed by atoms with van der Waals surface area (Å²) in [6, 6.07) is 9.68. The van der Waals surface area contributed by atoms with Crippen LogP contribution in [0.4, 0.5) is 0 Å². The van der Waals surface area contributed by atoms with Gasteiger partial charge in [-0.05, 0) is 18.2 Å². The number of morpholine rings is 1. The van der Waals surface area contributed by atoms with E-state index in [1.54, 1.807) is 6.20 Å². The number of aromatic nitrogens is 4. The number of hydrogen-bond acceptors (Lipinski definition) is 4. The number of carbonyl (C=O) groups excluding carboxylic acids is 1. The Hall–Kier alpha value is -2.67. The van der Waals surface area contributed by atoms with Crippen LogP contribution in [0.1, 0.15) is 24.0 Å². The number of imidazole rings is 1. The van der Waals surface area contributed by atoms with E-state index in [9.17, 15) is 4.79 Å². The van der Waals surface area contributed by atoms with Crippen molar-refractivity contribution in [1.29, 1.82) is 0 Å². The molecule has 3 aromatic rings. The second kappa shape index (κ2) is 6.45. The number of ether oxygens (including phenoxy) is 1. The Balaban J connectivity index is 1.44. The van der Waals surface area contributed by atoms with E-state index in [0.717, 1.165) is 22.6 Å². The number of para-hydroxylation sites is 2. The third kappa shape index (κ3) is 2.90. The Kier molecular flexibility index (Phi) is 4.00. The lowest BCUT2D eigenvalue weighted by molar-refractivity contribution is -0.140. The van der Waals surface area contributed by atoms with Crippen molar-refractivity contribution < 1.29 is 9.53 Å². The monoisotopic (exact) mass is 325 g/mol. The van der Waals surface area contributed by atoms with Gasteiger partial charge in [0.25, 0.3) is 0 Å². The molecule has 0 aliphatic carbocycles. The first-order chi connectivity index (χ1) is 11.8. The van der Waals surface area contributed by atoms with E-state index in [0.29, 0.717) is 32.6 Å². The fourth-order valence-corrected chi connectivity index (χ4v) is 3.11. The van der Waals surface area contributed by atoms with E-state index in [1.165, 1.54) is 0 Å². The topological polar surface area (TPSA) is 86.9 Å². The second-order valence-electron chi connectivity index (χ2n) is 5.89. The number of benzene rings is 1. The van der Waals surface area contributed by atoms with Crippen LogP contribution in [-0.2, 0) is 16.0 Å². The quantitative estimate of drug-likeness (QED) is 0.766. The lowest BCUT2D eigenvalue weighted by Gasteiger charge is -2.35. The second-order valence-corrected chi connectivity index (χ2v) is 5.89. The zero-order chi connectivity index (χ0) is 16.4. The van der Waals surface area contributed by atoms with Gasteiger partial charge < -0.3 is 14.6 Å². The molecule has 0 spiro atoms. The SMILES string of the molecule is O=C(CCc1nc2ccccc2[nH]1)N1CCOC[C@H]1c1ccn[nH]1. The largest absolute Gasteiger partial charge is 0.377 e. The summed E-state index contributed by atoms with van der Waals surface area (Å²) in [6.45, 7) is 1.67. The van der Waals surface area contributed by atoms with Crippen molar-refractivity contribution in [3.05, 3.63) is 48.0 Å². The molecular formula is C17H19N5O2. The minimum atomic E-state index is -0.0931. The van der Waals surface area contributed by atoms with Crippen LogP contribution in [0.5, 0.6) is 0 Å². The Labute approximate surface area is 139 Å². The molecule has 24 heavy (non-hydrogen) atoms. The van der Waals surface area contributed by atoms with Crippen LogP contribution < -0.4 is 0 Å². The number of carbonyl (C=O) groups is 1. The van der Waals surface area contributed by atoms with Gasteiger partial charge in [0.1, 0.15) is 5.82 Å². The maximum absolute atomic E-state index is 12.7. The molecule has 1 aromatic carbocycles. The first kappa shape index (κ1) is 14.9. The molecule has 1 atom stereocenters. The van der Waals surface area contributed by atoms with Gasteiger partial charge >= 0.3 is 0 Å². The fourth-order valence-electron chi connectivity index (χ4n) is 3.11. The zero-order valence-corrected chi connectivity index (χ0v) is 13.2. The van der Waals surface area contributed by atoms with Gasteiger partial charge in [0.2, 0.25) is 5.91 Å². The summed E-state index contributed by atoms with van der Waals surface area (Å²) in [6.07, 6.45) is 2.71. The van der Waals surface area contributed by atoms with Gasteiger partial charge in [-0.3, -0.25) is 9.89 Å². The summed E-state index contributed by atoms with van der Waals surface area (Å²) < 4.78 is 5.53. The molecule has 1 aliphatic rings. The van der Waals surface area contributed by atoms with Crippen molar-refractivity contribution in [2.45, 2.75) is 18.9 Å². The molecule has 1 saturated heterocycles. The number of H-pyrrole nitrogens is 2. The number of hydrogen-bond donors (Lipinski definition) is 2. The molecule has 7 heteroatoms. The Bertz CT molecular complexity index is 794. The molecule has 1 aliphatic heterocycles. The van der Waals surface area contributed by atoms with Gasteiger partial charge in [-0.1, -0.05) is 12.1 Å². The van der Waals surface area contributed by atoms with Crippen molar-refractivity contribution in [2.75, 3.05) is 19.8 Å². The van der Waals surface area contributed by atoms with E-state index >= 15 is 0 Å². The lowest BCUT2D eigenvalue weighted by atomic mass is 10.1. The van der Waals surface area contributed by atoms with Crippen molar-refractivity contribution >= 4 is 16.9 Å². The van der Waals surface area contributed by atoms with Gasteiger partial charge in [-0.2, -0.15) is 5.10 Å². The molecule has 0 saturated carbocycles. The van der Waals surface area contributed by atoms with E-state index in [4.69, 9.17) is 4.74 Å². The number of aryl methyl sites for hydroxylation is 1. The summed E-state index contributed by atoms with van der Waals surface area (Å²) in [7, 11) is 0. The first-order valence-electron chi connectivity index (χ1n) is 8.11. The van der Waals surface area contributed by atoms with Crippen molar-refractivity contribution in [1.82, 2.24) is 25.1 Å². The molecule has 0 radical (unpaired) electrons. The maximum atomic E-state index is 12.7. The highest BCUT2D eigenvalue weighted by molar-refractivity contribution is 5.78. The number of nitrogens with one attached hydrogen (secondary N) is 2. The number of aromatic amines is 2. The summed E-state index contributed by atoms with van der Waals surface area (Å²) in [5, 5.41) is 6.92. The highest BCUT2D eigenvalue weighted by Gasteiger charge is 2.29. The average molecular weight is 325 g/mol. The van der Waals surface area contributed by atoms with Crippen LogP contribution in [0, 0.1) is 0 Å². The molecule has 1 amide bonds. The van der Waals surface area contributed by atoms with Crippen LogP contribution in [0.3, 0.4) is 0 Å².